The summed E-state index contributed by atoms with van der Waals surface area (Å²) >= 11 is 5.90. The van der Waals surface area contributed by atoms with Gasteiger partial charge >= 0.3 is 5.97 Å². The Bertz CT molecular complexity index is 568. The average molecular weight is 314 g/mol. The Balaban J connectivity index is 2.12. The van der Waals surface area contributed by atoms with Crippen LogP contribution in [-0.2, 0) is 4.79 Å². The highest BCUT2D eigenvalue weighted by Gasteiger charge is 2.41. The second kappa shape index (κ2) is 6.02. The summed E-state index contributed by atoms with van der Waals surface area (Å²) in [5, 5.41) is 9.41. The van der Waals surface area contributed by atoms with Crippen LogP contribution in [0.15, 0.2) is 18.2 Å². The molecule has 1 aliphatic heterocycles. The van der Waals surface area contributed by atoms with Crippen LogP contribution in [0.1, 0.15) is 36.5 Å². The van der Waals surface area contributed by atoms with Crippen LogP contribution < -0.4 is 0 Å². The van der Waals surface area contributed by atoms with Gasteiger partial charge < -0.3 is 10.0 Å². The third-order valence-corrected chi connectivity index (χ3v) is 4.61. The number of carboxylic acid groups (broad SMARTS) is 1. The highest BCUT2D eigenvalue weighted by atomic mass is 35.5. The summed E-state index contributed by atoms with van der Waals surface area (Å²) in [5.41, 5.74) is -0.499. The molecule has 1 heterocycles. The molecule has 114 valence electrons. The van der Waals surface area contributed by atoms with Crippen molar-refractivity contribution in [1.82, 2.24) is 4.90 Å². The number of rotatable bonds is 3. The van der Waals surface area contributed by atoms with E-state index in [2.05, 4.69) is 0 Å². The largest absolute Gasteiger partial charge is 0.481 e. The Morgan fingerprint density at radius 3 is 2.48 bits per heavy atom. The van der Waals surface area contributed by atoms with Gasteiger partial charge in [-0.25, -0.2) is 4.39 Å². The van der Waals surface area contributed by atoms with E-state index in [1.54, 1.807) is 4.90 Å². The molecule has 1 aromatic carbocycles. The molecule has 4 nitrogen and oxygen atoms in total. The van der Waals surface area contributed by atoms with Gasteiger partial charge in [0, 0.05) is 13.1 Å². The van der Waals surface area contributed by atoms with Crippen LogP contribution in [0.3, 0.4) is 0 Å². The Morgan fingerprint density at radius 2 is 2.00 bits per heavy atom. The highest BCUT2D eigenvalue weighted by molar-refractivity contribution is 6.33. The van der Waals surface area contributed by atoms with Crippen molar-refractivity contribution in [2.45, 2.75) is 26.2 Å². The summed E-state index contributed by atoms with van der Waals surface area (Å²) < 4.78 is 13.0. The van der Waals surface area contributed by atoms with Crippen molar-refractivity contribution < 1.29 is 19.1 Å². The van der Waals surface area contributed by atoms with Gasteiger partial charge in [-0.2, -0.15) is 0 Å². The van der Waals surface area contributed by atoms with Gasteiger partial charge in [0.05, 0.1) is 16.0 Å². The molecule has 1 saturated heterocycles. The molecule has 0 aliphatic carbocycles. The number of carboxylic acids is 1. The fourth-order valence-corrected chi connectivity index (χ4v) is 2.94. The summed E-state index contributed by atoms with van der Waals surface area (Å²) in [4.78, 5) is 25.3. The fourth-order valence-electron chi connectivity index (χ4n) is 2.69. The lowest BCUT2D eigenvalue weighted by Crippen LogP contribution is -2.46. The van der Waals surface area contributed by atoms with Gasteiger partial charge in [0.1, 0.15) is 5.82 Å². The van der Waals surface area contributed by atoms with Gasteiger partial charge in [0.15, 0.2) is 0 Å². The van der Waals surface area contributed by atoms with Crippen molar-refractivity contribution in [3.63, 3.8) is 0 Å². The van der Waals surface area contributed by atoms with Crippen LogP contribution in [-0.4, -0.2) is 35.0 Å². The van der Waals surface area contributed by atoms with Crippen LogP contribution in [0, 0.1) is 11.2 Å². The van der Waals surface area contributed by atoms with Crippen LogP contribution >= 0.6 is 11.6 Å². The van der Waals surface area contributed by atoms with Crippen molar-refractivity contribution in [3.05, 3.63) is 34.6 Å². The van der Waals surface area contributed by atoms with Gasteiger partial charge in [-0.05, 0) is 37.5 Å². The number of nitrogens with zero attached hydrogens (tertiary/aromatic N) is 1. The lowest BCUT2D eigenvalue weighted by Gasteiger charge is -2.38. The molecule has 2 rings (SSSR count). The van der Waals surface area contributed by atoms with Crippen molar-refractivity contribution in [2.75, 3.05) is 13.1 Å². The number of amides is 1. The second-order valence-electron chi connectivity index (χ2n) is 5.36. The van der Waals surface area contributed by atoms with Crippen LogP contribution in [0.2, 0.25) is 5.02 Å². The minimum atomic E-state index is -0.808. The first kappa shape index (κ1) is 15.8. The molecule has 0 aromatic heterocycles. The lowest BCUT2D eigenvalue weighted by atomic mass is 9.76. The molecule has 1 fully saturated rings. The van der Waals surface area contributed by atoms with E-state index in [-0.39, 0.29) is 16.5 Å². The monoisotopic (exact) mass is 313 g/mol. The summed E-state index contributed by atoms with van der Waals surface area (Å²) in [6, 6.07) is 3.65. The standard InChI is InChI=1S/C15H17ClFNO3/c1-2-15(14(20)21)5-7-18(8-6-15)13(19)11-4-3-10(17)9-12(11)16/h3-4,9H,2,5-8H2,1H3,(H,20,21). The van der Waals surface area contributed by atoms with E-state index >= 15 is 0 Å². The molecule has 0 spiro atoms. The summed E-state index contributed by atoms with van der Waals surface area (Å²) in [6.07, 6.45) is 1.38. The fraction of sp³-hybridized carbons (Fsp3) is 0.467. The number of aliphatic carboxylic acids is 1. The zero-order valence-corrected chi connectivity index (χ0v) is 12.5. The third kappa shape index (κ3) is 3.02. The topological polar surface area (TPSA) is 57.6 Å². The van der Waals surface area contributed by atoms with Gasteiger partial charge in [0.2, 0.25) is 0 Å². The summed E-state index contributed by atoms with van der Waals surface area (Å²) in [5.74, 6) is -1.59. The molecule has 21 heavy (non-hydrogen) atoms. The Morgan fingerprint density at radius 1 is 1.38 bits per heavy atom. The van der Waals surface area contributed by atoms with Gasteiger partial charge in [-0.15, -0.1) is 0 Å². The lowest BCUT2D eigenvalue weighted by molar-refractivity contribution is -0.152. The normalized spacial score (nSPS) is 17.6. The molecular weight excluding hydrogens is 297 g/mol. The van der Waals surface area contributed by atoms with Crippen molar-refractivity contribution in [1.29, 1.82) is 0 Å². The SMILES string of the molecule is CCC1(C(=O)O)CCN(C(=O)c2ccc(F)cc2Cl)CC1. The maximum absolute atomic E-state index is 13.0. The second-order valence-corrected chi connectivity index (χ2v) is 5.76. The number of piperidine rings is 1. The predicted octanol–water partition coefficient (Wildman–Crippen LogP) is 3.20. The van der Waals surface area contributed by atoms with E-state index in [1.807, 2.05) is 6.92 Å². The maximum Gasteiger partial charge on any atom is 0.309 e. The highest BCUT2D eigenvalue weighted by Crippen LogP contribution is 2.35. The number of benzene rings is 1. The number of carbonyl (C=O) groups excluding carboxylic acids is 1. The molecule has 0 unspecified atom stereocenters. The molecule has 0 bridgehead atoms. The van der Waals surface area contributed by atoms with E-state index in [9.17, 15) is 19.1 Å². The predicted molar refractivity (Wildman–Crippen MR) is 76.9 cm³/mol. The molecule has 0 saturated carbocycles. The van der Waals surface area contributed by atoms with Gasteiger partial charge in [-0.1, -0.05) is 18.5 Å². The van der Waals surface area contributed by atoms with E-state index in [0.29, 0.717) is 32.4 Å². The molecular formula is C15H17ClFNO3. The number of hydrogen-bond donors (Lipinski definition) is 1. The van der Waals surface area contributed by atoms with Crippen molar-refractivity contribution >= 4 is 23.5 Å². The minimum Gasteiger partial charge on any atom is -0.481 e. The minimum absolute atomic E-state index is 0.0746. The van der Waals surface area contributed by atoms with Crippen LogP contribution in [0.4, 0.5) is 4.39 Å². The molecule has 6 heteroatoms. The number of likely N-dealkylation sites (tertiary alicyclic amines) is 1. The zero-order chi connectivity index (χ0) is 15.6. The number of halogens is 2. The maximum atomic E-state index is 13.0. The van der Waals surface area contributed by atoms with Crippen molar-refractivity contribution in [3.8, 4) is 0 Å². The van der Waals surface area contributed by atoms with E-state index < -0.39 is 17.2 Å². The first-order valence-corrected chi connectivity index (χ1v) is 7.25. The van der Waals surface area contributed by atoms with Crippen molar-refractivity contribution in [2.24, 2.45) is 5.41 Å². The van der Waals surface area contributed by atoms with Gasteiger partial charge in [0.25, 0.3) is 5.91 Å². The summed E-state index contributed by atoms with van der Waals surface area (Å²) in [7, 11) is 0. The van der Waals surface area contributed by atoms with E-state index in [1.165, 1.54) is 12.1 Å². The third-order valence-electron chi connectivity index (χ3n) is 4.30. The Kier molecular flexibility index (Phi) is 4.52. The summed E-state index contributed by atoms with van der Waals surface area (Å²) in [6.45, 7) is 2.59. The quantitative estimate of drug-likeness (QED) is 0.932. The first-order valence-electron chi connectivity index (χ1n) is 6.87. The average Bonchev–Trinajstić information content (AvgIpc) is 2.46. The van der Waals surface area contributed by atoms with E-state index in [4.69, 9.17) is 11.6 Å². The molecule has 1 N–H and O–H groups in total. The molecule has 1 aliphatic rings. The van der Waals surface area contributed by atoms with Crippen LogP contribution in [0.25, 0.3) is 0 Å². The zero-order valence-electron chi connectivity index (χ0n) is 11.7. The van der Waals surface area contributed by atoms with E-state index in [0.717, 1.165) is 6.07 Å². The number of hydrogen-bond acceptors (Lipinski definition) is 2. The number of carbonyl (C=O) groups is 2. The first-order chi connectivity index (χ1) is 9.89. The Hall–Kier alpha value is -1.62. The smallest absolute Gasteiger partial charge is 0.309 e. The Labute approximate surface area is 127 Å². The molecule has 1 aromatic rings. The molecule has 1 amide bonds. The molecule has 0 radical (unpaired) electrons. The van der Waals surface area contributed by atoms with Crippen LogP contribution in [0.5, 0.6) is 0 Å². The molecule has 0 atom stereocenters. The van der Waals surface area contributed by atoms with Gasteiger partial charge in [-0.3, -0.25) is 9.59 Å².